The van der Waals surface area contributed by atoms with Crippen LogP contribution in [0.15, 0.2) is 51.7 Å². The van der Waals surface area contributed by atoms with Gasteiger partial charge in [-0.05, 0) is 49.6 Å². The quantitative estimate of drug-likeness (QED) is 0.577. The van der Waals surface area contributed by atoms with Gasteiger partial charge >= 0.3 is 5.63 Å². The van der Waals surface area contributed by atoms with Gasteiger partial charge in [-0.2, -0.15) is 0 Å². The van der Waals surface area contributed by atoms with Gasteiger partial charge in [-0.25, -0.2) is 4.79 Å². The largest absolute Gasteiger partial charge is 0.422 e. The molecule has 0 aliphatic carbocycles. The average Bonchev–Trinajstić information content (AvgIpc) is 2.56. The first-order valence-electron chi connectivity index (χ1n) is 7.84. The standard InChI is InChI=1S/C20H19NO3/c1-12-8-9-17-15(10-19(23)24-20(17)13(12)2)11-21-18-7-5-4-6-16(18)14(3)22/h4-10,21H,11H2,1-3H3. The molecule has 0 unspecified atom stereocenters. The number of aryl methyl sites for hydroxylation is 2. The summed E-state index contributed by atoms with van der Waals surface area (Å²) in [6, 6.07) is 12.8. The van der Waals surface area contributed by atoms with E-state index < -0.39 is 0 Å². The third kappa shape index (κ3) is 2.95. The third-order valence-corrected chi connectivity index (χ3v) is 4.29. The van der Waals surface area contributed by atoms with Crippen LogP contribution < -0.4 is 10.9 Å². The van der Waals surface area contributed by atoms with Crippen molar-refractivity contribution in [3.63, 3.8) is 0 Å². The van der Waals surface area contributed by atoms with E-state index in [9.17, 15) is 9.59 Å². The van der Waals surface area contributed by atoms with E-state index in [0.29, 0.717) is 17.7 Å². The summed E-state index contributed by atoms with van der Waals surface area (Å²) in [5, 5.41) is 4.17. The van der Waals surface area contributed by atoms with Gasteiger partial charge in [-0.15, -0.1) is 0 Å². The second-order valence-corrected chi connectivity index (χ2v) is 5.93. The van der Waals surface area contributed by atoms with E-state index in [4.69, 9.17) is 4.42 Å². The number of hydrogen-bond acceptors (Lipinski definition) is 4. The fourth-order valence-corrected chi connectivity index (χ4v) is 2.81. The van der Waals surface area contributed by atoms with Crippen molar-refractivity contribution in [3.05, 3.63) is 75.1 Å². The summed E-state index contributed by atoms with van der Waals surface area (Å²) in [6.45, 7) is 5.92. The minimum Gasteiger partial charge on any atom is -0.422 e. The Labute approximate surface area is 140 Å². The van der Waals surface area contributed by atoms with E-state index >= 15 is 0 Å². The first-order valence-corrected chi connectivity index (χ1v) is 7.84. The molecule has 2 aromatic carbocycles. The smallest absolute Gasteiger partial charge is 0.336 e. The summed E-state index contributed by atoms with van der Waals surface area (Å²) in [5.41, 5.74) is 4.55. The van der Waals surface area contributed by atoms with Crippen LogP contribution in [0.1, 0.15) is 34.0 Å². The second-order valence-electron chi connectivity index (χ2n) is 5.93. The predicted molar refractivity (Wildman–Crippen MR) is 95.7 cm³/mol. The third-order valence-electron chi connectivity index (χ3n) is 4.29. The minimum absolute atomic E-state index is 0.00185. The molecule has 3 aromatic rings. The van der Waals surface area contributed by atoms with Crippen LogP contribution in [0.4, 0.5) is 5.69 Å². The van der Waals surface area contributed by atoms with Crippen molar-refractivity contribution in [1.29, 1.82) is 0 Å². The highest BCUT2D eigenvalue weighted by Crippen LogP contribution is 2.24. The first-order chi connectivity index (χ1) is 11.5. The van der Waals surface area contributed by atoms with Crippen LogP contribution in [0.3, 0.4) is 0 Å². The lowest BCUT2D eigenvalue weighted by Crippen LogP contribution is -2.08. The van der Waals surface area contributed by atoms with E-state index in [1.165, 1.54) is 6.07 Å². The zero-order chi connectivity index (χ0) is 17.3. The molecule has 4 nitrogen and oxygen atoms in total. The Kier molecular flexibility index (Phi) is 4.21. The van der Waals surface area contributed by atoms with Crippen molar-refractivity contribution in [1.82, 2.24) is 0 Å². The number of anilines is 1. The van der Waals surface area contributed by atoms with Crippen LogP contribution in [0.25, 0.3) is 11.0 Å². The molecule has 0 saturated heterocycles. The summed E-state index contributed by atoms with van der Waals surface area (Å²) in [5.74, 6) is 0.00185. The Bertz CT molecular complexity index is 986. The van der Waals surface area contributed by atoms with Crippen LogP contribution in [0.2, 0.25) is 0 Å². The molecule has 122 valence electrons. The topological polar surface area (TPSA) is 59.3 Å². The van der Waals surface area contributed by atoms with E-state index in [-0.39, 0.29) is 11.4 Å². The summed E-state index contributed by atoms with van der Waals surface area (Å²) in [7, 11) is 0. The average molecular weight is 321 g/mol. The monoisotopic (exact) mass is 321 g/mol. The van der Waals surface area contributed by atoms with Gasteiger partial charge in [0, 0.05) is 29.2 Å². The normalized spacial score (nSPS) is 10.8. The van der Waals surface area contributed by atoms with Crippen molar-refractivity contribution < 1.29 is 9.21 Å². The fourth-order valence-electron chi connectivity index (χ4n) is 2.81. The molecule has 3 rings (SSSR count). The predicted octanol–water partition coefficient (Wildman–Crippen LogP) is 4.22. The van der Waals surface area contributed by atoms with Gasteiger partial charge in [0.05, 0.1) is 0 Å². The Hall–Kier alpha value is -2.88. The zero-order valence-electron chi connectivity index (χ0n) is 14.0. The van der Waals surface area contributed by atoms with E-state index in [1.807, 2.05) is 44.2 Å². The Morgan fingerprint density at radius 1 is 1.12 bits per heavy atom. The van der Waals surface area contributed by atoms with Gasteiger partial charge in [0.1, 0.15) is 5.58 Å². The lowest BCUT2D eigenvalue weighted by molar-refractivity contribution is 0.101. The summed E-state index contributed by atoms with van der Waals surface area (Å²) in [4.78, 5) is 23.6. The number of carbonyl (C=O) groups is 1. The molecule has 1 aromatic heterocycles. The lowest BCUT2D eigenvalue weighted by Gasteiger charge is -2.12. The van der Waals surface area contributed by atoms with Gasteiger partial charge in [0.2, 0.25) is 0 Å². The maximum absolute atomic E-state index is 11.9. The number of para-hydroxylation sites is 1. The Morgan fingerprint density at radius 2 is 1.88 bits per heavy atom. The Balaban J connectivity index is 2.01. The SMILES string of the molecule is CC(=O)c1ccccc1NCc1cc(=O)oc2c(C)c(C)ccc12. The first kappa shape index (κ1) is 16.0. The maximum atomic E-state index is 11.9. The van der Waals surface area contributed by atoms with E-state index in [1.54, 1.807) is 13.0 Å². The number of ketones is 1. The summed E-state index contributed by atoms with van der Waals surface area (Å²) >= 11 is 0. The fraction of sp³-hybridized carbons (Fsp3) is 0.200. The molecular formula is C20H19NO3. The second kappa shape index (κ2) is 6.32. The number of nitrogens with one attached hydrogen (secondary N) is 1. The highest BCUT2D eigenvalue weighted by Gasteiger charge is 2.11. The van der Waals surface area contributed by atoms with E-state index in [2.05, 4.69) is 5.32 Å². The summed E-state index contributed by atoms with van der Waals surface area (Å²) < 4.78 is 5.39. The van der Waals surface area contributed by atoms with Crippen LogP contribution in [0.5, 0.6) is 0 Å². The van der Waals surface area contributed by atoms with Crippen LogP contribution in [-0.4, -0.2) is 5.78 Å². The molecule has 4 heteroatoms. The van der Waals surface area contributed by atoms with Crippen molar-refractivity contribution >= 4 is 22.4 Å². The molecule has 0 amide bonds. The van der Waals surface area contributed by atoms with Crippen molar-refractivity contribution in [2.24, 2.45) is 0 Å². The molecule has 1 N–H and O–H groups in total. The molecule has 0 spiro atoms. The number of hydrogen-bond donors (Lipinski definition) is 1. The highest BCUT2D eigenvalue weighted by molar-refractivity contribution is 5.99. The van der Waals surface area contributed by atoms with Gasteiger partial charge in [0.25, 0.3) is 0 Å². The molecule has 0 radical (unpaired) electrons. The van der Waals surface area contributed by atoms with E-state index in [0.717, 1.165) is 27.8 Å². The highest BCUT2D eigenvalue weighted by atomic mass is 16.4. The molecule has 0 bridgehead atoms. The van der Waals surface area contributed by atoms with Gasteiger partial charge in [-0.1, -0.05) is 24.3 Å². The van der Waals surface area contributed by atoms with Crippen molar-refractivity contribution in [3.8, 4) is 0 Å². The number of Topliss-reactive ketones (excluding diaryl/α,β-unsaturated/α-hetero) is 1. The van der Waals surface area contributed by atoms with Crippen LogP contribution >= 0.6 is 0 Å². The molecule has 1 heterocycles. The van der Waals surface area contributed by atoms with Crippen molar-refractivity contribution in [2.45, 2.75) is 27.3 Å². The van der Waals surface area contributed by atoms with Crippen LogP contribution in [-0.2, 0) is 6.54 Å². The Morgan fingerprint density at radius 3 is 2.62 bits per heavy atom. The minimum atomic E-state index is -0.368. The molecular weight excluding hydrogens is 302 g/mol. The number of benzene rings is 2. The molecule has 0 aliphatic heterocycles. The maximum Gasteiger partial charge on any atom is 0.336 e. The molecule has 0 aliphatic rings. The summed E-state index contributed by atoms with van der Waals surface area (Å²) in [6.07, 6.45) is 0. The van der Waals surface area contributed by atoms with Crippen molar-refractivity contribution in [2.75, 3.05) is 5.32 Å². The zero-order valence-corrected chi connectivity index (χ0v) is 14.0. The molecule has 0 atom stereocenters. The number of rotatable bonds is 4. The number of carbonyl (C=O) groups excluding carboxylic acids is 1. The van der Waals surface area contributed by atoms with Crippen LogP contribution in [0, 0.1) is 13.8 Å². The lowest BCUT2D eigenvalue weighted by atomic mass is 10.0. The molecule has 0 saturated carbocycles. The van der Waals surface area contributed by atoms with Gasteiger partial charge in [-0.3, -0.25) is 4.79 Å². The molecule has 24 heavy (non-hydrogen) atoms. The van der Waals surface area contributed by atoms with Gasteiger partial charge < -0.3 is 9.73 Å². The molecule has 0 fully saturated rings. The number of fused-ring (bicyclic) bond motifs is 1. The van der Waals surface area contributed by atoms with Gasteiger partial charge in [0.15, 0.2) is 5.78 Å².